The standard InChI is InChI=1S/C17H28N2O2/c1-14-12-19(13-17(2,3)21-14)16-8-6-5-7-15(16)11-18-9-10-20-4/h5-8,14,18H,9-13H2,1-4H3. The lowest BCUT2D eigenvalue weighted by atomic mass is 10.0. The molecule has 4 heteroatoms. The first-order valence-corrected chi connectivity index (χ1v) is 7.72. The third kappa shape index (κ3) is 4.70. The quantitative estimate of drug-likeness (QED) is 0.817. The van der Waals surface area contributed by atoms with Gasteiger partial charge in [-0.2, -0.15) is 0 Å². The van der Waals surface area contributed by atoms with E-state index in [1.165, 1.54) is 11.3 Å². The molecule has 0 aromatic heterocycles. The van der Waals surface area contributed by atoms with Gasteiger partial charge < -0.3 is 19.7 Å². The van der Waals surface area contributed by atoms with E-state index in [1.54, 1.807) is 7.11 Å². The van der Waals surface area contributed by atoms with E-state index in [1.807, 2.05) is 0 Å². The van der Waals surface area contributed by atoms with Gasteiger partial charge in [0.15, 0.2) is 0 Å². The number of nitrogens with one attached hydrogen (secondary N) is 1. The van der Waals surface area contributed by atoms with Crippen LogP contribution in [0.15, 0.2) is 24.3 Å². The summed E-state index contributed by atoms with van der Waals surface area (Å²) in [7, 11) is 1.73. The normalized spacial score (nSPS) is 21.5. The van der Waals surface area contributed by atoms with E-state index in [4.69, 9.17) is 9.47 Å². The van der Waals surface area contributed by atoms with Gasteiger partial charge in [0, 0.05) is 39.0 Å². The fourth-order valence-electron chi connectivity index (χ4n) is 3.00. The van der Waals surface area contributed by atoms with Gasteiger partial charge in [0.05, 0.1) is 18.3 Å². The molecule has 118 valence electrons. The van der Waals surface area contributed by atoms with Crippen LogP contribution in [-0.2, 0) is 16.0 Å². The second-order valence-corrected chi connectivity index (χ2v) is 6.37. The van der Waals surface area contributed by atoms with E-state index < -0.39 is 0 Å². The molecule has 1 N–H and O–H groups in total. The molecule has 2 rings (SSSR count). The molecule has 0 bridgehead atoms. The maximum absolute atomic E-state index is 6.00. The molecule has 1 fully saturated rings. The largest absolute Gasteiger partial charge is 0.383 e. The molecule has 1 atom stereocenters. The SMILES string of the molecule is COCCNCc1ccccc1N1CC(C)OC(C)(C)C1. The number of hydrogen-bond acceptors (Lipinski definition) is 4. The Bertz CT molecular complexity index is 448. The van der Waals surface area contributed by atoms with Crippen LogP contribution in [0.5, 0.6) is 0 Å². The monoisotopic (exact) mass is 292 g/mol. The highest BCUT2D eigenvalue weighted by Crippen LogP contribution is 2.28. The van der Waals surface area contributed by atoms with Gasteiger partial charge in [-0.05, 0) is 32.4 Å². The van der Waals surface area contributed by atoms with E-state index in [9.17, 15) is 0 Å². The Morgan fingerprint density at radius 2 is 2.14 bits per heavy atom. The summed E-state index contributed by atoms with van der Waals surface area (Å²) in [6.45, 7) is 10.8. The van der Waals surface area contributed by atoms with Crippen molar-refractivity contribution in [3.8, 4) is 0 Å². The molecular formula is C17H28N2O2. The lowest BCUT2D eigenvalue weighted by Gasteiger charge is -2.43. The number of methoxy groups -OCH3 is 1. The zero-order valence-corrected chi connectivity index (χ0v) is 13.7. The van der Waals surface area contributed by atoms with Gasteiger partial charge in [0.1, 0.15) is 0 Å². The summed E-state index contributed by atoms with van der Waals surface area (Å²) < 4.78 is 11.1. The average Bonchev–Trinajstić information content (AvgIpc) is 2.42. The molecule has 0 amide bonds. The summed E-state index contributed by atoms with van der Waals surface area (Å²) in [5, 5.41) is 3.43. The second-order valence-electron chi connectivity index (χ2n) is 6.37. The van der Waals surface area contributed by atoms with Crippen LogP contribution in [0.25, 0.3) is 0 Å². The number of para-hydroxylation sites is 1. The highest BCUT2D eigenvalue weighted by molar-refractivity contribution is 5.54. The maximum Gasteiger partial charge on any atom is 0.0805 e. The van der Waals surface area contributed by atoms with Crippen molar-refractivity contribution >= 4 is 5.69 Å². The van der Waals surface area contributed by atoms with Gasteiger partial charge in [0.2, 0.25) is 0 Å². The van der Waals surface area contributed by atoms with Crippen molar-refractivity contribution in [3.63, 3.8) is 0 Å². The van der Waals surface area contributed by atoms with Gasteiger partial charge in [0.25, 0.3) is 0 Å². The highest BCUT2D eigenvalue weighted by Gasteiger charge is 2.31. The van der Waals surface area contributed by atoms with Crippen LogP contribution in [0, 0.1) is 0 Å². The number of rotatable bonds is 6. The molecule has 1 unspecified atom stereocenters. The van der Waals surface area contributed by atoms with E-state index in [-0.39, 0.29) is 11.7 Å². The number of ether oxygens (including phenoxy) is 2. The summed E-state index contributed by atoms with van der Waals surface area (Å²) in [6.07, 6.45) is 0.253. The average molecular weight is 292 g/mol. The smallest absolute Gasteiger partial charge is 0.0805 e. The van der Waals surface area contributed by atoms with Crippen molar-refractivity contribution in [2.75, 3.05) is 38.3 Å². The van der Waals surface area contributed by atoms with Crippen LogP contribution in [0.1, 0.15) is 26.3 Å². The minimum absolute atomic E-state index is 0.103. The Kier molecular flexibility index (Phi) is 5.62. The highest BCUT2D eigenvalue weighted by atomic mass is 16.5. The topological polar surface area (TPSA) is 33.7 Å². The van der Waals surface area contributed by atoms with Crippen molar-refractivity contribution in [2.24, 2.45) is 0 Å². The van der Waals surface area contributed by atoms with Crippen LogP contribution in [0.2, 0.25) is 0 Å². The summed E-state index contributed by atoms with van der Waals surface area (Å²) in [5.41, 5.74) is 2.54. The summed E-state index contributed by atoms with van der Waals surface area (Å²) in [5.74, 6) is 0. The fourth-order valence-corrected chi connectivity index (χ4v) is 3.00. The van der Waals surface area contributed by atoms with Crippen LogP contribution >= 0.6 is 0 Å². The van der Waals surface area contributed by atoms with E-state index >= 15 is 0 Å². The number of benzene rings is 1. The van der Waals surface area contributed by atoms with Gasteiger partial charge in [-0.1, -0.05) is 18.2 Å². The molecule has 1 aliphatic heterocycles. The summed E-state index contributed by atoms with van der Waals surface area (Å²) >= 11 is 0. The number of anilines is 1. The molecule has 1 aromatic rings. The van der Waals surface area contributed by atoms with Crippen LogP contribution < -0.4 is 10.2 Å². The van der Waals surface area contributed by atoms with Crippen molar-refractivity contribution in [2.45, 2.75) is 39.0 Å². The molecule has 1 aromatic carbocycles. The zero-order chi connectivity index (χ0) is 15.3. The van der Waals surface area contributed by atoms with Gasteiger partial charge in [-0.25, -0.2) is 0 Å². The van der Waals surface area contributed by atoms with E-state index in [2.05, 4.69) is 55.3 Å². The minimum atomic E-state index is -0.103. The van der Waals surface area contributed by atoms with Gasteiger partial charge in [-0.15, -0.1) is 0 Å². The van der Waals surface area contributed by atoms with Crippen molar-refractivity contribution in [3.05, 3.63) is 29.8 Å². The predicted octanol–water partition coefficient (Wildman–Crippen LogP) is 2.43. The number of hydrogen-bond donors (Lipinski definition) is 1. The zero-order valence-electron chi connectivity index (χ0n) is 13.7. The molecule has 0 radical (unpaired) electrons. The van der Waals surface area contributed by atoms with E-state index in [0.29, 0.717) is 0 Å². The molecule has 21 heavy (non-hydrogen) atoms. The Morgan fingerprint density at radius 1 is 1.38 bits per heavy atom. The third-order valence-corrected chi connectivity index (χ3v) is 3.70. The molecule has 1 heterocycles. The van der Waals surface area contributed by atoms with Crippen LogP contribution in [-0.4, -0.2) is 45.1 Å². The van der Waals surface area contributed by atoms with E-state index in [0.717, 1.165) is 32.8 Å². The molecule has 1 aliphatic rings. The Hall–Kier alpha value is -1.10. The first kappa shape index (κ1) is 16.3. The first-order valence-electron chi connectivity index (χ1n) is 7.72. The minimum Gasteiger partial charge on any atom is -0.383 e. The molecule has 1 saturated heterocycles. The second kappa shape index (κ2) is 7.25. The van der Waals surface area contributed by atoms with Crippen LogP contribution in [0.3, 0.4) is 0 Å². The summed E-state index contributed by atoms with van der Waals surface area (Å²) in [4.78, 5) is 2.45. The third-order valence-electron chi connectivity index (χ3n) is 3.70. The van der Waals surface area contributed by atoms with Gasteiger partial charge in [-0.3, -0.25) is 0 Å². The molecule has 0 saturated carbocycles. The van der Waals surface area contributed by atoms with Crippen molar-refractivity contribution in [1.82, 2.24) is 5.32 Å². The van der Waals surface area contributed by atoms with Crippen LogP contribution in [0.4, 0.5) is 5.69 Å². The molecule has 0 spiro atoms. The molecular weight excluding hydrogens is 264 g/mol. The van der Waals surface area contributed by atoms with Crippen molar-refractivity contribution in [1.29, 1.82) is 0 Å². The lowest BCUT2D eigenvalue weighted by molar-refractivity contribution is -0.0750. The Balaban J connectivity index is 2.08. The first-order chi connectivity index (χ1) is 10.0. The number of morpholine rings is 1. The number of nitrogens with zero attached hydrogens (tertiary/aromatic N) is 1. The summed E-state index contributed by atoms with van der Waals surface area (Å²) in [6, 6.07) is 8.62. The fraction of sp³-hybridized carbons (Fsp3) is 0.647. The molecule has 4 nitrogen and oxygen atoms in total. The Labute approximate surface area is 128 Å². The predicted molar refractivity (Wildman–Crippen MR) is 86.9 cm³/mol. The molecule has 0 aliphatic carbocycles. The maximum atomic E-state index is 6.00. The lowest BCUT2D eigenvalue weighted by Crippen LogP contribution is -2.52. The Morgan fingerprint density at radius 3 is 2.86 bits per heavy atom. The van der Waals surface area contributed by atoms with Crippen molar-refractivity contribution < 1.29 is 9.47 Å². The van der Waals surface area contributed by atoms with Gasteiger partial charge >= 0.3 is 0 Å².